The Morgan fingerprint density at radius 2 is 2.12 bits per heavy atom. The zero-order chi connectivity index (χ0) is 12.2. The predicted molar refractivity (Wildman–Crippen MR) is 65.2 cm³/mol. The van der Waals surface area contributed by atoms with Crippen molar-refractivity contribution in [3.05, 3.63) is 17.5 Å². The van der Waals surface area contributed by atoms with Crippen molar-refractivity contribution in [3.8, 4) is 0 Å². The van der Waals surface area contributed by atoms with Gasteiger partial charge < -0.3 is 10.5 Å². The van der Waals surface area contributed by atoms with Gasteiger partial charge in [0, 0.05) is 12.1 Å². The highest BCUT2D eigenvalue weighted by molar-refractivity contribution is 5.09. The van der Waals surface area contributed by atoms with Crippen molar-refractivity contribution in [1.82, 2.24) is 9.78 Å². The van der Waals surface area contributed by atoms with Crippen molar-refractivity contribution in [3.63, 3.8) is 0 Å². The third kappa shape index (κ3) is 3.94. The molecule has 2 N–H and O–H groups in total. The first kappa shape index (κ1) is 13.2. The molecule has 16 heavy (non-hydrogen) atoms. The minimum Gasteiger partial charge on any atom is -0.373 e. The molecular formula is C12H23N3O. The molecule has 0 aliphatic rings. The number of hydrogen-bond donors (Lipinski definition) is 1. The minimum atomic E-state index is -0.273. The zero-order valence-electron chi connectivity index (χ0n) is 10.8. The van der Waals surface area contributed by atoms with Crippen molar-refractivity contribution in [2.75, 3.05) is 6.61 Å². The fraction of sp³-hybridized carbons (Fsp3) is 0.750. The molecule has 1 heterocycles. The molecule has 1 rings (SSSR count). The van der Waals surface area contributed by atoms with Crippen LogP contribution in [-0.4, -0.2) is 21.9 Å². The quantitative estimate of drug-likeness (QED) is 0.802. The third-order valence-corrected chi connectivity index (χ3v) is 2.30. The number of nitrogens with two attached hydrogens (primary N) is 1. The van der Waals surface area contributed by atoms with E-state index in [4.69, 9.17) is 10.5 Å². The van der Waals surface area contributed by atoms with Crippen LogP contribution < -0.4 is 5.73 Å². The molecule has 0 spiro atoms. The van der Waals surface area contributed by atoms with E-state index >= 15 is 0 Å². The van der Waals surface area contributed by atoms with Crippen LogP contribution in [0.15, 0.2) is 6.07 Å². The molecule has 1 aromatic heterocycles. The molecule has 0 aliphatic carbocycles. The Hall–Kier alpha value is -0.870. The summed E-state index contributed by atoms with van der Waals surface area (Å²) in [5, 5.41) is 4.47. The van der Waals surface area contributed by atoms with Gasteiger partial charge in [0.1, 0.15) is 0 Å². The van der Waals surface area contributed by atoms with Gasteiger partial charge in [0.2, 0.25) is 0 Å². The molecule has 92 valence electrons. The normalized spacial score (nSPS) is 12.1. The molecule has 0 radical (unpaired) electrons. The summed E-state index contributed by atoms with van der Waals surface area (Å²) in [6.07, 6.45) is 0.961. The molecule has 0 saturated carbocycles. The smallest absolute Gasteiger partial charge is 0.0885 e. The highest BCUT2D eigenvalue weighted by Gasteiger charge is 2.12. The topological polar surface area (TPSA) is 53.1 Å². The number of aryl methyl sites for hydroxylation is 2. The summed E-state index contributed by atoms with van der Waals surface area (Å²) in [4.78, 5) is 0. The maximum Gasteiger partial charge on any atom is 0.0885 e. The summed E-state index contributed by atoms with van der Waals surface area (Å²) in [5.41, 5.74) is 7.83. The minimum absolute atomic E-state index is 0.273. The maximum atomic E-state index is 5.85. The van der Waals surface area contributed by atoms with Gasteiger partial charge in [0.15, 0.2) is 0 Å². The number of ether oxygens (including phenoxy) is 1. The lowest BCUT2D eigenvalue weighted by molar-refractivity contribution is 0.0805. The summed E-state index contributed by atoms with van der Waals surface area (Å²) >= 11 is 0. The number of nitrogens with zero attached hydrogens (tertiary/aromatic N) is 2. The molecule has 4 heteroatoms. The van der Waals surface area contributed by atoms with Crippen LogP contribution in [0.2, 0.25) is 0 Å². The van der Waals surface area contributed by atoms with Crippen LogP contribution in [0, 0.1) is 0 Å². The van der Waals surface area contributed by atoms with Crippen LogP contribution in [0.5, 0.6) is 0 Å². The molecular weight excluding hydrogens is 202 g/mol. The number of aromatic nitrogens is 2. The Balaban J connectivity index is 2.55. The lowest BCUT2D eigenvalue weighted by atomic mass is 10.1. The summed E-state index contributed by atoms with van der Waals surface area (Å²) in [6, 6.07) is 2.10. The molecule has 0 bridgehead atoms. The van der Waals surface area contributed by atoms with E-state index < -0.39 is 0 Å². The van der Waals surface area contributed by atoms with E-state index in [1.807, 2.05) is 18.5 Å². The molecule has 1 aromatic rings. The standard InChI is InChI=1S/C12H23N3O/c1-5-10-7-11(15(6-2)14-10)8-16-9-12(3,4)13/h7H,5-6,8-9,13H2,1-4H3. The number of hydrogen-bond acceptors (Lipinski definition) is 3. The van der Waals surface area contributed by atoms with Crippen molar-refractivity contribution in [2.45, 2.75) is 52.8 Å². The van der Waals surface area contributed by atoms with Crippen molar-refractivity contribution >= 4 is 0 Å². The second-order valence-corrected chi connectivity index (χ2v) is 4.78. The van der Waals surface area contributed by atoms with E-state index in [9.17, 15) is 0 Å². The molecule has 0 aliphatic heterocycles. The SMILES string of the molecule is CCc1cc(COCC(C)(C)N)n(CC)n1. The number of rotatable bonds is 6. The van der Waals surface area contributed by atoms with Gasteiger partial charge in [0.05, 0.1) is 24.6 Å². The summed E-state index contributed by atoms with van der Waals surface area (Å²) in [5.74, 6) is 0. The first-order valence-corrected chi connectivity index (χ1v) is 5.88. The molecule has 0 aromatic carbocycles. The lowest BCUT2D eigenvalue weighted by Crippen LogP contribution is -2.37. The second-order valence-electron chi connectivity index (χ2n) is 4.78. The highest BCUT2D eigenvalue weighted by Crippen LogP contribution is 2.08. The van der Waals surface area contributed by atoms with Gasteiger partial charge in [-0.15, -0.1) is 0 Å². The fourth-order valence-electron chi connectivity index (χ4n) is 1.50. The van der Waals surface area contributed by atoms with Crippen LogP contribution in [0.1, 0.15) is 39.1 Å². The van der Waals surface area contributed by atoms with Crippen LogP contribution in [0.25, 0.3) is 0 Å². The molecule has 0 saturated heterocycles. The Labute approximate surface area is 97.8 Å². The Kier molecular flexibility index (Phi) is 4.50. The van der Waals surface area contributed by atoms with E-state index in [2.05, 4.69) is 25.0 Å². The summed E-state index contributed by atoms with van der Waals surface area (Å²) < 4.78 is 7.59. The summed E-state index contributed by atoms with van der Waals surface area (Å²) in [6.45, 7) is 10.1. The second kappa shape index (κ2) is 5.46. The average molecular weight is 225 g/mol. The van der Waals surface area contributed by atoms with Gasteiger partial charge in [-0.2, -0.15) is 5.10 Å². The van der Waals surface area contributed by atoms with Crippen molar-refractivity contribution < 1.29 is 4.74 Å². The van der Waals surface area contributed by atoms with Gasteiger partial charge in [0.25, 0.3) is 0 Å². The van der Waals surface area contributed by atoms with Gasteiger partial charge in [-0.3, -0.25) is 4.68 Å². The van der Waals surface area contributed by atoms with Crippen molar-refractivity contribution in [1.29, 1.82) is 0 Å². The Bertz CT molecular complexity index is 325. The van der Waals surface area contributed by atoms with E-state index in [0.29, 0.717) is 13.2 Å². The van der Waals surface area contributed by atoms with Gasteiger partial charge in [-0.25, -0.2) is 0 Å². The van der Waals surface area contributed by atoms with Crippen LogP contribution in [0.4, 0.5) is 0 Å². The predicted octanol–water partition coefficient (Wildman–Crippen LogP) is 1.72. The highest BCUT2D eigenvalue weighted by atomic mass is 16.5. The molecule has 0 unspecified atom stereocenters. The zero-order valence-corrected chi connectivity index (χ0v) is 10.8. The first-order valence-electron chi connectivity index (χ1n) is 5.88. The average Bonchev–Trinajstić information content (AvgIpc) is 2.58. The summed E-state index contributed by atoms with van der Waals surface area (Å²) in [7, 11) is 0. The van der Waals surface area contributed by atoms with E-state index in [1.165, 1.54) is 0 Å². The first-order chi connectivity index (χ1) is 7.46. The van der Waals surface area contributed by atoms with Crippen LogP contribution in [-0.2, 0) is 24.3 Å². The van der Waals surface area contributed by atoms with Crippen LogP contribution in [0.3, 0.4) is 0 Å². The van der Waals surface area contributed by atoms with Gasteiger partial charge >= 0.3 is 0 Å². The van der Waals surface area contributed by atoms with Crippen molar-refractivity contribution in [2.24, 2.45) is 5.73 Å². The maximum absolute atomic E-state index is 5.85. The van der Waals surface area contributed by atoms with E-state index in [-0.39, 0.29) is 5.54 Å². The Morgan fingerprint density at radius 3 is 2.62 bits per heavy atom. The molecule has 0 atom stereocenters. The molecule has 0 fully saturated rings. The molecule has 0 amide bonds. The Morgan fingerprint density at radius 1 is 1.44 bits per heavy atom. The molecule has 4 nitrogen and oxygen atoms in total. The van der Waals surface area contributed by atoms with Gasteiger partial charge in [-0.05, 0) is 33.3 Å². The van der Waals surface area contributed by atoms with E-state index in [0.717, 1.165) is 24.4 Å². The monoisotopic (exact) mass is 225 g/mol. The largest absolute Gasteiger partial charge is 0.373 e. The van der Waals surface area contributed by atoms with Crippen LogP contribution >= 0.6 is 0 Å². The third-order valence-electron chi connectivity index (χ3n) is 2.30. The lowest BCUT2D eigenvalue weighted by Gasteiger charge is -2.18. The van der Waals surface area contributed by atoms with Gasteiger partial charge in [-0.1, -0.05) is 6.92 Å². The van der Waals surface area contributed by atoms with E-state index in [1.54, 1.807) is 0 Å². The fourth-order valence-corrected chi connectivity index (χ4v) is 1.50.